The minimum Gasteiger partial charge on any atom is -0.459 e. The Morgan fingerprint density at radius 2 is 1.93 bits per heavy atom. The molecule has 30 heavy (non-hydrogen) atoms. The number of benzene rings is 2. The van der Waals surface area contributed by atoms with Crippen LogP contribution in [-0.2, 0) is 0 Å². The lowest BCUT2D eigenvalue weighted by Crippen LogP contribution is -2.12. The van der Waals surface area contributed by atoms with Gasteiger partial charge < -0.3 is 9.73 Å². The summed E-state index contributed by atoms with van der Waals surface area (Å²) in [4.78, 5) is 39.1. The van der Waals surface area contributed by atoms with Crippen molar-refractivity contribution in [1.82, 2.24) is 4.98 Å². The van der Waals surface area contributed by atoms with Gasteiger partial charge in [0.1, 0.15) is 0 Å². The van der Waals surface area contributed by atoms with Crippen LogP contribution in [-0.4, -0.2) is 21.7 Å². The van der Waals surface area contributed by atoms with E-state index >= 15 is 0 Å². The summed E-state index contributed by atoms with van der Waals surface area (Å²) in [5.74, 6) is -0.757. The highest BCUT2D eigenvalue weighted by atomic mass is 35.5. The van der Waals surface area contributed by atoms with Crippen LogP contribution in [0, 0.1) is 10.1 Å². The average Bonchev–Trinajstić information content (AvgIpc) is 3.36. The Hall–Kier alpha value is -3.76. The van der Waals surface area contributed by atoms with Gasteiger partial charge in [-0.05, 0) is 36.4 Å². The summed E-state index contributed by atoms with van der Waals surface area (Å²) in [7, 11) is 0. The molecule has 0 aliphatic rings. The third kappa shape index (κ3) is 4.00. The lowest BCUT2D eigenvalue weighted by Gasteiger charge is -2.06. The standard InChI is InChI=1S/C19H11ClN4O5S/c20-13-9-11(24(27)28)4-5-12(13)17(25)21-10-3-6-14-16(8-10)30-19(22-14)23-18(26)15-2-1-7-29-15/h1-9H,(H,21,25)(H,22,23,26). The van der Waals surface area contributed by atoms with E-state index in [1.807, 2.05) is 0 Å². The van der Waals surface area contributed by atoms with E-state index in [2.05, 4.69) is 15.6 Å². The minimum atomic E-state index is -0.590. The Balaban J connectivity index is 1.51. The molecule has 11 heteroatoms. The lowest BCUT2D eigenvalue weighted by atomic mass is 10.2. The zero-order valence-electron chi connectivity index (χ0n) is 14.9. The van der Waals surface area contributed by atoms with Crippen LogP contribution in [0.15, 0.2) is 59.2 Å². The summed E-state index contributed by atoms with van der Waals surface area (Å²) in [6, 6.07) is 11.8. The minimum absolute atomic E-state index is 0.0245. The van der Waals surface area contributed by atoms with Crippen molar-refractivity contribution in [3.63, 3.8) is 0 Å². The molecule has 2 aromatic heterocycles. The van der Waals surface area contributed by atoms with Gasteiger partial charge in [0.2, 0.25) is 0 Å². The molecule has 4 rings (SSSR count). The second-order valence-corrected chi connectivity index (χ2v) is 7.45. The molecule has 9 nitrogen and oxygen atoms in total. The molecular weight excluding hydrogens is 432 g/mol. The number of rotatable bonds is 5. The van der Waals surface area contributed by atoms with E-state index < -0.39 is 16.7 Å². The van der Waals surface area contributed by atoms with Crippen molar-refractivity contribution >= 4 is 61.5 Å². The van der Waals surface area contributed by atoms with Gasteiger partial charge in [0.15, 0.2) is 10.9 Å². The number of aromatic nitrogens is 1. The number of amides is 2. The first-order valence-corrected chi connectivity index (χ1v) is 9.61. The SMILES string of the molecule is O=C(Nc1nc2ccc(NC(=O)c3ccc([N+](=O)[O-])cc3Cl)cc2s1)c1ccco1. The van der Waals surface area contributed by atoms with Gasteiger partial charge in [-0.1, -0.05) is 22.9 Å². The van der Waals surface area contributed by atoms with Crippen molar-refractivity contribution in [2.75, 3.05) is 10.6 Å². The molecular formula is C19H11ClN4O5S. The van der Waals surface area contributed by atoms with Crippen LogP contribution in [0.25, 0.3) is 10.2 Å². The van der Waals surface area contributed by atoms with Gasteiger partial charge in [-0.25, -0.2) is 4.98 Å². The third-order valence-corrected chi connectivity index (χ3v) is 5.27. The maximum atomic E-state index is 12.5. The number of thiazole rings is 1. The smallest absolute Gasteiger partial charge is 0.293 e. The van der Waals surface area contributed by atoms with Crippen molar-refractivity contribution in [2.45, 2.75) is 0 Å². The molecule has 2 N–H and O–H groups in total. The number of nitro benzene ring substituents is 1. The van der Waals surface area contributed by atoms with E-state index in [9.17, 15) is 19.7 Å². The molecule has 4 aromatic rings. The zero-order valence-corrected chi connectivity index (χ0v) is 16.5. The predicted octanol–water partition coefficient (Wildman–Crippen LogP) is 4.96. The molecule has 150 valence electrons. The molecule has 0 aliphatic carbocycles. The number of carbonyl (C=O) groups is 2. The first kappa shape index (κ1) is 19.6. The number of furan rings is 1. The number of nitrogens with zero attached hydrogens (tertiary/aromatic N) is 2. The molecule has 0 bridgehead atoms. The lowest BCUT2D eigenvalue weighted by molar-refractivity contribution is -0.384. The summed E-state index contributed by atoms with van der Waals surface area (Å²) in [5.41, 5.74) is 1.03. The number of nitrogens with one attached hydrogen (secondary N) is 2. The third-order valence-electron chi connectivity index (χ3n) is 4.02. The number of anilines is 2. The fourth-order valence-electron chi connectivity index (χ4n) is 2.62. The molecule has 0 aliphatic heterocycles. The predicted molar refractivity (Wildman–Crippen MR) is 112 cm³/mol. The summed E-state index contributed by atoms with van der Waals surface area (Å²) in [5, 5.41) is 16.5. The number of nitro groups is 1. The first-order chi connectivity index (χ1) is 14.4. The monoisotopic (exact) mass is 442 g/mol. The topological polar surface area (TPSA) is 127 Å². The van der Waals surface area contributed by atoms with Crippen LogP contribution in [0.5, 0.6) is 0 Å². The molecule has 0 radical (unpaired) electrons. The number of non-ortho nitro benzene ring substituents is 1. The van der Waals surface area contributed by atoms with Crippen molar-refractivity contribution in [1.29, 1.82) is 0 Å². The largest absolute Gasteiger partial charge is 0.459 e. The van der Waals surface area contributed by atoms with Crippen LogP contribution in [0.1, 0.15) is 20.9 Å². The number of hydrogen-bond donors (Lipinski definition) is 2. The number of carbonyl (C=O) groups excluding carboxylic acids is 2. The fourth-order valence-corrected chi connectivity index (χ4v) is 3.78. The highest BCUT2D eigenvalue weighted by molar-refractivity contribution is 7.22. The van der Waals surface area contributed by atoms with Gasteiger partial charge >= 0.3 is 0 Å². The molecule has 0 saturated carbocycles. The second kappa shape index (κ2) is 7.93. The van der Waals surface area contributed by atoms with Gasteiger partial charge in [-0.2, -0.15) is 0 Å². The molecule has 0 saturated heterocycles. The van der Waals surface area contributed by atoms with Gasteiger partial charge in [0, 0.05) is 17.8 Å². The van der Waals surface area contributed by atoms with Crippen molar-refractivity contribution in [2.24, 2.45) is 0 Å². The Bertz CT molecular complexity index is 1290. The van der Waals surface area contributed by atoms with E-state index in [1.165, 1.54) is 29.7 Å². The Morgan fingerprint density at radius 1 is 1.10 bits per heavy atom. The molecule has 2 aromatic carbocycles. The Morgan fingerprint density at radius 3 is 2.63 bits per heavy atom. The summed E-state index contributed by atoms with van der Waals surface area (Å²) in [6.45, 7) is 0. The highest BCUT2D eigenvalue weighted by Crippen LogP contribution is 2.29. The van der Waals surface area contributed by atoms with E-state index in [0.29, 0.717) is 16.3 Å². The van der Waals surface area contributed by atoms with Gasteiger partial charge in [-0.15, -0.1) is 0 Å². The van der Waals surface area contributed by atoms with Crippen LogP contribution in [0.4, 0.5) is 16.5 Å². The zero-order chi connectivity index (χ0) is 21.3. The van der Waals surface area contributed by atoms with Gasteiger partial charge in [0.25, 0.3) is 17.5 Å². The summed E-state index contributed by atoms with van der Waals surface area (Å²) in [6.07, 6.45) is 1.40. The van der Waals surface area contributed by atoms with E-state index in [4.69, 9.17) is 16.0 Å². The first-order valence-electron chi connectivity index (χ1n) is 8.41. The molecule has 0 spiro atoms. The van der Waals surface area contributed by atoms with Crippen LogP contribution in [0.2, 0.25) is 5.02 Å². The van der Waals surface area contributed by atoms with E-state index in [1.54, 1.807) is 30.3 Å². The Labute approximate surface area is 177 Å². The molecule has 0 atom stereocenters. The summed E-state index contributed by atoms with van der Waals surface area (Å²) >= 11 is 7.23. The number of hydrogen-bond acceptors (Lipinski definition) is 7. The quantitative estimate of drug-likeness (QED) is 0.332. The maximum Gasteiger partial charge on any atom is 0.293 e. The van der Waals surface area contributed by atoms with Crippen LogP contribution >= 0.6 is 22.9 Å². The van der Waals surface area contributed by atoms with Crippen molar-refractivity contribution < 1.29 is 18.9 Å². The van der Waals surface area contributed by atoms with Gasteiger partial charge in [-0.3, -0.25) is 25.0 Å². The van der Waals surface area contributed by atoms with Crippen LogP contribution in [0.3, 0.4) is 0 Å². The number of halogens is 1. The Kier molecular flexibility index (Phi) is 5.17. The highest BCUT2D eigenvalue weighted by Gasteiger charge is 2.16. The van der Waals surface area contributed by atoms with Crippen molar-refractivity contribution in [3.8, 4) is 0 Å². The van der Waals surface area contributed by atoms with E-state index in [0.717, 1.165) is 10.8 Å². The van der Waals surface area contributed by atoms with Gasteiger partial charge in [0.05, 0.1) is 32.0 Å². The molecule has 2 heterocycles. The normalized spacial score (nSPS) is 10.7. The average molecular weight is 443 g/mol. The van der Waals surface area contributed by atoms with Crippen molar-refractivity contribution in [3.05, 3.63) is 81.3 Å². The molecule has 2 amide bonds. The fraction of sp³-hybridized carbons (Fsp3) is 0. The maximum absolute atomic E-state index is 12.5. The summed E-state index contributed by atoms with van der Waals surface area (Å²) < 4.78 is 5.78. The molecule has 0 unspecified atom stereocenters. The number of fused-ring (bicyclic) bond motifs is 1. The van der Waals surface area contributed by atoms with Crippen LogP contribution < -0.4 is 10.6 Å². The molecule has 0 fully saturated rings. The second-order valence-electron chi connectivity index (χ2n) is 6.01. The van der Waals surface area contributed by atoms with E-state index in [-0.39, 0.29) is 22.0 Å².